The van der Waals surface area contributed by atoms with Gasteiger partial charge in [-0.2, -0.15) is 0 Å². The molecule has 9 heteroatoms. The second kappa shape index (κ2) is 7.71. The van der Waals surface area contributed by atoms with E-state index in [-0.39, 0.29) is 5.91 Å². The summed E-state index contributed by atoms with van der Waals surface area (Å²) >= 11 is 4.62. The number of carbonyl (C=O) groups is 2. The third-order valence-electron chi connectivity index (χ3n) is 3.08. The summed E-state index contributed by atoms with van der Waals surface area (Å²) in [4.78, 5) is 28.9. The Hall–Kier alpha value is -2.00. The van der Waals surface area contributed by atoms with E-state index in [4.69, 9.17) is 14.6 Å². The molecule has 1 aliphatic rings. The number of aliphatic imine (C=N–C) groups is 1. The van der Waals surface area contributed by atoms with E-state index in [1.54, 1.807) is 32.3 Å². The number of methoxy groups -OCH3 is 1. The number of carboxylic acids is 1. The maximum Gasteiger partial charge on any atom is 0.341 e. The van der Waals surface area contributed by atoms with Crippen molar-refractivity contribution in [3.63, 3.8) is 0 Å². The van der Waals surface area contributed by atoms with Gasteiger partial charge in [-0.25, -0.2) is 4.79 Å². The van der Waals surface area contributed by atoms with Crippen LogP contribution >= 0.6 is 27.7 Å². The van der Waals surface area contributed by atoms with Gasteiger partial charge in [-0.3, -0.25) is 14.7 Å². The minimum Gasteiger partial charge on any atom is -0.493 e. The summed E-state index contributed by atoms with van der Waals surface area (Å²) in [5, 5.41) is 9.35. The molecule has 1 aromatic carbocycles. The molecule has 7 nitrogen and oxygen atoms in total. The Bertz CT molecular complexity index is 748. The summed E-state index contributed by atoms with van der Waals surface area (Å²) in [6, 6.07) is 3.39. The van der Waals surface area contributed by atoms with Crippen LogP contribution in [0.4, 0.5) is 0 Å². The normalized spacial score (nSPS) is 17.7. The first-order valence-corrected chi connectivity index (χ1v) is 8.34. The van der Waals surface area contributed by atoms with E-state index in [0.29, 0.717) is 31.6 Å². The predicted octanol–water partition coefficient (Wildman–Crippen LogP) is 2.45. The van der Waals surface area contributed by atoms with Gasteiger partial charge in [-0.05, 0) is 51.5 Å². The fourth-order valence-electron chi connectivity index (χ4n) is 2.00. The Morgan fingerprint density at radius 1 is 1.50 bits per heavy atom. The van der Waals surface area contributed by atoms with Crippen LogP contribution in [0.1, 0.15) is 5.56 Å². The van der Waals surface area contributed by atoms with Gasteiger partial charge in [0.2, 0.25) is 0 Å². The number of carboxylic acid groups (broad SMARTS) is 1. The standard InChI is InChI=1S/C15H15BrN2O5S/c1-17-15-18(2)14(21)11(24-15)6-8-4-9(16)13(10(5-8)22-3)23-7-12(19)20/h4-6H,7H2,1-3H3,(H,19,20)/b11-6+,17-15?. The molecule has 0 aliphatic carbocycles. The molecule has 24 heavy (non-hydrogen) atoms. The molecule has 1 fully saturated rings. The number of rotatable bonds is 5. The molecule has 1 aromatic rings. The Kier molecular flexibility index (Phi) is 5.89. The van der Waals surface area contributed by atoms with Gasteiger partial charge in [0.1, 0.15) is 0 Å². The minimum absolute atomic E-state index is 0.137. The molecule has 0 unspecified atom stereocenters. The fraction of sp³-hybridized carbons (Fsp3) is 0.267. The van der Waals surface area contributed by atoms with Crippen molar-refractivity contribution in [1.82, 2.24) is 4.90 Å². The summed E-state index contributed by atoms with van der Waals surface area (Å²) in [5.74, 6) is -0.564. The van der Waals surface area contributed by atoms with Crippen LogP contribution in [0, 0.1) is 0 Å². The van der Waals surface area contributed by atoms with Crippen molar-refractivity contribution in [2.24, 2.45) is 4.99 Å². The second-order valence-corrected chi connectivity index (χ2v) is 6.56. The zero-order valence-electron chi connectivity index (χ0n) is 13.2. The van der Waals surface area contributed by atoms with Crippen LogP contribution in [0.3, 0.4) is 0 Å². The Labute approximate surface area is 151 Å². The van der Waals surface area contributed by atoms with Crippen molar-refractivity contribution in [1.29, 1.82) is 0 Å². The van der Waals surface area contributed by atoms with E-state index in [2.05, 4.69) is 20.9 Å². The smallest absolute Gasteiger partial charge is 0.341 e. The van der Waals surface area contributed by atoms with Gasteiger partial charge < -0.3 is 14.6 Å². The maximum atomic E-state index is 12.2. The molecule has 0 saturated carbocycles. The number of aliphatic carboxylic acids is 1. The predicted molar refractivity (Wildman–Crippen MR) is 95.5 cm³/mol. The highest BCUT2D eigenvalue weighted by Gasteiger charge is 2.29. The number of amides is 1. The summed E-state index contributed by atoms with van der Waals surface area (Å²) in [6.07, 6.45) is 1.72. The number of carbonyl (C=O) groups excluding carboxylic acids is 1. The van der Waals surface area contributed by atoms with E-state index in [0.717, 1.165) is 0 Å². The van der Waals surface area contributed by atoms with Crippen LogP contribution in [0.25, 0.3) is 6.08 Å². The molecule has 1 amide bonds. The molecule has 2 rings (SSSR count). The van der Waals surface area contributed by atoms with Crippen LogP contribution in [-0.4, -0.2) is 54.9 Å². The van der Waals surface area contributed by atoms with Crippen LogP contribution in [0.2, 0.25) is 0 Å². The van der Waals surface area contributed by atoms with Crippen LogP contribution in [-0.2, 0) is 9.59 Å². The number of hydrogen-bond donors (Lipinski definition) is 1. The lowest BCUT2D eigenvalue weighted by atomic mass is 10.2. The molecular weight excluding hydrogens is 400 g/mol. The van der Waals surface area contributed by atoms with E-state index in [9.17, 15) is 9.59 Å². The van der Waals surface area contributed by atoms with Crippen LogP contribution in [0.15, 0.2) is 26.5 Å². The average molecular weight is 415 g/mol. The first kappa shape index (κ1) is 18.3. The number of likely N-dealkylation sites (N-methyl/N-ethyl adjacent to an activating group) is 1. The Morgan fingerprint density at radius 2 is 2.21 bits per heavy atom. The van der Waals surface area contributed by atoms with Crippen molar-refractivity contribution in [3.05, 3.63) is 27.1 Å². The van der Waals surface area contributed by atoms with Crippen LogP contribution in [0.5, 0.6) is 11.5 Å². The minimum atomic E-state index is -1.09. The highest BCUT2D eigenvalue weighted by atomic mass is 79.9. The number of thioether (sulfide) groups is 1. The summed E-state index contributed by atoms with van der Waals surface area (Å²) in [5.41, 5.74) is 0.711. The highest BCUT2D eigenvalue weighted by Crippen LogP contribution is 2.38. The lowest BCUT2D eigenvalue weighted by Gasteiger charge is -2.12. The third kappa shape index (κ3) is 3.90. The number of amidine groups is 1. The molecule has 0 aromatic heterocycles. The first-order chi connectivity index (χ1) is 11.4. The molecule has 1 aliphatic heterocycles. The van der Waals surface area contributed by atoms with Gasteiger partial charge in [0, 0.05) is 14.1 Å². The molecule has 0 bridgehead atoms. The summed E-state index contributed by atoms with van der Waals surface area (Å²) in [7, 11) is 4.75. The van der Waals surface area contributed by atoms with Gasteiger partial charge in [-0.15, -0.1) is 0 Å². The topological polar surface area (TPSA) is 88.4 Å². The monoisotopic (exact) mass is 414 g/mol. The van der Waals surface area contributed by atoms with Crippen molar-refractivity contribution in [2.75, 3.05) is 27.8 Å². The van der Waals surface area contributed by atoms with Crippen molar-refractivity contribution in [2.45, 2.75) is 0 Å². The van der Waals surface area contributed by atoms with E-state index in [1.807, 2.05) is 0 Å². The van der Waals surface area contributed by atoms with Gasteiger partial charge in [0.25, 0.3) is 5.91 Å². The number of nitrogens with zero attached hydrogens (tertiary/aromatic N) is 2. The molecule has 128 valence electrons. The molecule has 0 spiro atoms. The SMILES string of the molecule is CN=C1S/C(=C/c2cc(Br)c(OCC(=O)O)c(OC)c2)C(=O)N1C. The van der Waals surface area contributed by atoms with Crippen molar-refractivity contribution >= 4 is 50.8 Å². The molecule has 1 N–H and O–H groups in total. The molecule has 0 radical (unpaired) electrons. The zero-order chi connectivity index (χ0) is 17.9. The van der Waals surface area contributed by atoms with E-state index in [1.165, 1.54) is 23.8 Å². The fourth-order valence-corrected chi connectivity index (χ4v) is 3.50. The lowest BCUT2D eigenvalue weighted by molar-refractivity contribution is -0.139. The quantitative estimate of drug-likeness (QED) is 0.744. The van der Waals surface area contributed by atoms with Gasteiger partial charge >= 0.3 is 5.97 Å². The number of ether oxygens (including phenoxy) is 2. The van der Waals surface area contributed by atoms with Gasteiger partial charge in [-0.1, -0.05) is 0 Å². The van der Waals surface area contributed by atoms with E-state index >= 15 is 0 Å². The highest BCUT2D eigenvalue weighted by molar-refractivity contribution is 9.10. The van der Waals surface area contributed by atoms with Crippen molar-refractivity contribution in [3.8, 4) is 11.5 Å². The number of halogens is 1. The zero-order valence-corrected chi connectivity index (χ0v) is 15.6. The molecule has 0 atom stereocenters. The summed E-state index contributed by atoms with van der Waals surface area (Å²) in [6.45, 7) is -0.481. The van der Waals surface area contributed by atoms with Gasteiger partial charge in [0.15, 0.2) is 23.3 Å². The molecule has 1 saturated heterocycles. The Balaban J connectivity index is 2.36. The number of hydrogen-bond acceptors (Lipinski definition) is 6. The lowest BCUT2D eigenvalue weighted by Crippen LogP contribution is -2.23. The number of benzene rings is 1. The summed E-state index contributed by atoms with van der Waals surface area (Å²) < 4.78 is 11.0. The average Bonchev–Trinajstić information content (AvgIpc) is 2.81. The molecular formula is C15H15BrN2O5S. The Morgan fingerprint density at radius 3 is 2.75 bits per heavy atom. The first-order valence-electron chi connectivity index (χ1n) is 6.74. The van der Waals surface area contributed by atoms with E-state index < -0.39 is 12.6 Å². The van der Waals surface area contributed by atoms with Gasteiger partial charge in [0.05, 0.1) is 16.5 Å². The largest absolute Gasteiger partial charge is 0.493 e. The van der Waals surface area contributed by atoms with Crippen molar-refractivity contribution < 1.29 is 24.2 Å². The third-order valence-corrected chi connectivity index (χ3v) is 4.82. The molecule has 1 heterocycles. The van der Waals surface area contributed by atoms with Crippen LogP contribution < -0.4 is 9.47 Å². The second-order valence-electron chi connectivity index (χ2n) is 4.70. The maximum absolute atomic E-state index is 12.2.